The lowest BCUT2D eigenvalue weighted by atomic mass is 10.2. The summed E-state index contributed by atoms with van der Waals surface area (Å²) in [6, 6.07) is 15.6. The third-order valence-corrected chi connectivity index (χ3v) is 7.32. The summed E-state index contributed by atoms with van der Waals surface area (Å²) in [6.45, 7) is 5.37. The summed E-state index contributed by atoms with van der Waals surface area (Å²) in [5.41, 5.74) is 2.04. The second-order valence-corrected chi connectivity index (χ2v) is 9.45. The minimum absolute atomic E-state index is 0.436. The van der Waals surface area contributed by atoms with Gasteiger partial charge in [0.25, 0.3) is 0 Å². The molecule has 2 aromatic carbocycles. The molecule has 1 saturated heterocycles. The molecule has 0 unspecified atom stereocenters. The lowest BCUT2D eigenvalue weighted by Gasteiger charge is -2.33. The first-order valence-corrected chi connectivity index (χ1v) is 11.5. The molecule has 0 radical (unpaired) electrons. The van der Waals surface area contributed by atoms with Crippen LogP contribution in [-0.2, 0) is 16.4 Å². The molecule has 1 fully saturated rings. The number of hydrogen-bond donors (Lipinski definition) is 0. The molecule has 2 aromatic rings. The van der Waals surface area contributed by atoms with E-state index in [0.29, 0.717) is 24.4 Å². The fraction of sp³-hybridized carbons (Fsp3) is 0.333. The second kappa shape index (κ2) is 9.15. The Morgan fingerprint density at radius 1 is 1.04 bits per heavy atom. The fourth-order valence-electron chi connectivity index (χ4n) is 3.27. The molecule has 0 bridgehead atoms. The maximum atomic E-state index is 13.1. The smallest absolute Gasteiger partial charge is 0.243 e. The summed E-state index contributed by atoms with van der Waals surface area (Å²) < 4.78 is 28.7. The van der Waals surface area contributed by atoms with Gasteiger partial charge in [-0.15, -0.1) is 0 Å². The van der Waals surface area contributed by atoms with Crippen LogP contribution in [0, 0.1) is 0 Å². The minimum atomic E-state index is -3.44. The molecule has 144 valence electrons. The maximum absolute atomic E-state index is 13.1. The van der Waals surface area contributed by atoms with Crippen LogP contribution in [0.25, 0.3) is 6.08 Å². The Balaban J connectivity index is 1.61. The van der Waals surface area contributed by atoms with Crippen molar-refractivity contribution >= 4 is 32.0 Å². The van der Waals surface area contributed by atoms with Gasteiger partial charge >= 0.3 is 0 Å². The molecule has 0 N–H and O–H groups in total. The molecule has 1 aliphatic heterocycles. The van der Waals surface area contributed by atoms with E-state index in [4.69, 9.17) is 0 Å². The van der Waals surface area contributed by atoms with E-state index in [0.717, 1.165) is 29.7 Å². The average molecular weight is 449 g/mol. The van der Waals surface area contributed by atoms with Gasteiger partial charge in [0.15, 0.2) is 0 Å². The van der Waals surface area contributed by atoms with Crippen LogP contribution in [-0.4, -0.2) is 50.3 Å². The summed E-state index contributed by atoms with van der Waals surface area (Å²) in [5, 5.41) is 0. The average Bonchev–Trinajstić information content (AvgIpc) is 2.69. The third-order valence-electron chi connectivity index (χ3n) is 4.83. The van der Waals surface area contributed by atoms with E-state index in [2.05, 4.69) is 45.1 Å². The van der Waals surface area contributed by atoms with E-state index < -0.39 is 10.0 Å². The Hall–Kier alpha value is -1.47. The summed E-state index contributed by atoms with van der Waals surface area (Å²) in [4.78, 5) is 2.72. The first kappa shape index (κ1) is 20.3. The maximum Gasteiger partial charge on any atom is 0.243 e. The molecule has 4 nitrogen and oxygen atoms in total. The molecule has 0 spiro atoms. The number of sulfonamides is 1. The highest BCUT2D eigenvalue weighted by Crippen LogP contribution is 2.25. The number of rotatable bonds is 6. The molecule has 0 atom stereocenters. The van der Waals surface area contributed by atoms with Gasteiger partial charge in [-0.25, -0.2) is 8.42 Å². The number of piperazine rings is 1. The van der Waals surface area contributed by atoms with Crippen LogP contribution in [0.5, 0.6) is 0 Å². The van der Waals surface area contributed by atoms with Crippen LogP contribution >= 0.6 is 15.9 Å². The normalized spacial score (nSPS) is 16.8. The molecule has 27 heavy (non-hydrogen) atoms. The van der Waals surface area contributed by atoms with E-state index in [1.165, 1.54) is 5.56 Å². The monoisotopic (exact) mass is 448 g/mol. The van der Waals surface area contributed by atoms with Crippen molar-refractivity contribution in [1.82, 2.24) is 9.21 Å². The quantitative estimate of drug-likeness (QED) is 0.669. The van der Waals surface area contributed by atoms with E-state index in [9.17, 15) is 8.42 Å². The van der Waals surface area contributed by atoms with Gasteiger partial charge in [-0.05, 0) is 35.7 Å². The van der Waals surface area contributed by atoms with E-state index in [1.54, 1.807) is 16.4 Å². The van der Waals surface area contributed by atoms with E-state index >= 15 is 0 Å². The Morgan fingerprint density at radius 2 is 1.74 bits per heavy atom. The van der Waals surface area contributed by atoms with Crippen molar-refractivity contribution < 1.29 is 8.42 Å². The van der Waals surface area contributed by atoms with Gasteiger partial charge in [0, 0.05) is 37.2 Å². The van der Waals surface area contributed by atoms with Crippen molar-refractivity contribution in [2.24, 2.45) is 0 Å². The number of benzene rings is 2. The molecule has 6 heteroatoms. The van der Waals surface area contributed by atoms with E-state index in [1.807, 2.05) is 31.2 Å². The van der Waals surface area contributed by atoms with Crippen molar-refractivity contribution in [2.75, 3.05) is 32.7 Å². The summed E-state index contributed by atoms with van der Waals surface area (Å²) in [6.07, 6.45) is 4.94. The Labute approximate surface area is 170 Å². The van der Waals surface area contributed by atoms with Crippen LogP contribution in [0.3, 0.4) is 0 Å². The number of halogens is 1. The molecule has 1 heterocycles. The van der Waals surface area contributed by atoms with Gasteiger partial charge in [0.05, 0.1) is 4.90 Å². The lowest BCUT2D eigenvalue weighted by molar-refractivity contribution is 0.204. The summed E-state index contributed by atoms with van der Waals surface area (Å²) in [7, 11) is -3.44. The zero-order chi connectivity index (χ0) is 19.3. The summed E-state index contributed by atoms with van der Waals surface area (Å²) in [5.74, 6) is 0. The molecule has 0 amide bonds. The van der Waals surface area contributed by atoms with E-state index in [-0.39, 0.29) is 0 Å². The zero-order valence-electron chi connectivity index (χ0n) is 15.5. The molecular weight excluding hydrogens is 424 g/mol. The molecule has 0 aliphatic carbocycles. The fourth-order valence-corrected chi connectivity index (χ4v) is 5.37. The predicted molar refractivity (Wildman–Crippen MR) is 114 cm³/mol. The molecule has 0 saturated carbocycles. The van der Waals surface area contributed by atoms with Crippen LogP contribution in [0.4, 0.5) is 0 Å². The standard InChI is InChI=1S/C21H25BrN2O2S/c1-2-19-17-20(22)10-11-21(19)27(25,26)24-15-13-23(14-16-24)12-6-9-18-7-4-3-5-8-18/h3-11,17H,2,12-16H2,1H3/b9-6-. The highest BCUT2D eigenvalue weighted by Gasteiger charge is 2.29. The largest absolute Gasteiger partial charge is 0.297 e. The van der Waals surface area contributed by atoms with Gasteiger partial charge < -0.3 is 0 Å². The SMILES string of the molecule is CCc1cc(Br)ccc1S(=O)(=O)N1CCN(C/C=C\c2ccccc2)CC1. The van der Waals surface area contributed by atoms with Crippen molar-refractivity contribution in [2.45, 2.75) is 18.2 Å². The summed E-state index contributed by atoms with van der Waals surface area (Å²) >= 11 is 3.43. The third kappa shape index (κ3) is 5.08. The second-order valence-electron chi connectivity index (χ2n) is 6.62. The van der Waals surface area contributed by atoms with Crippen LogP contribution in [0.15, 0.2) is 64.0 Å². The highest BCUT2D eigenvalue weighted by molar-refractivity contribution is 9.10. The minimum Gasteiger partial charge on any atom is -0.297 e. The molecule has 1 aliphatic rings. The topological polar surface area (TPSA) is 40.6 Å². The Bertz CT molecular complexity index is 890. The van der Waals surface area contributed by atoms with Gasteiger partial charge in [0.2, 0.25) is 10.0 Å². The first-order chi connectivity index (χ1) is 13.0. The lowest BCUT2D eigenvalue weighted by Crippen LogP contribution is -2.48. The molecule has 3 rings (SSSR count). The number of aryl methyl sites for hydroxylation is 1. The highest BCUT2D eigenvalue weighted by atomic mass is 79.9. The van der Waals surface area contributed by atoms with Gasteiger partial charge in [0.1, 0.15) is 0 Å². The van der Waals surface area contributed by atoms with Crippen molar-refractivity contribution in [1.29, 1.82) is 0 Å². The Kier molecular flexibility index (Phi) is 6.87. The number of nitrogens with zero attached hydrogens (tertiary/aromatic N) is 2. The van der Waals surface area contributed by atoms with Gasteiger partial charge in [-0.3, -0.25) is 4.90 Å². The Morgan fingerprint density at radius 3 is 2.41 bits per heavy atom. The van der Waals surface area contributed by atoms with Gasteiger partial charge in [-0.2, -0.15) is 4.31 Å². The van der Waals surface area contributed by atoms with Crippen LogP contribution in [0.1, 0.15) is 18.1 Å². The number of hydrogen-bond acceptors (Lipinski definition) is 3. The van der Waals surface area contributed by atoms with Crippen LogP contribution < -0.4 is 0 Å². The zero-order valence-corrected chi connectivity index (χ0v) is 17.9. The molecule has 0 aromatic heterocycles. The van der Waals surface area contributed by atoms with Crippen molar-refractivity contribution in [3.05, 3.63) is 70.2 Å². The molecular formula is C21H25BrN2O2S. The van der Waals surface area contributed by atoms with Crippen molar-refractivity contribution in [3.8, 4) is 0 Å². The van der Waals surface area contributed by atoms with Gasteiger partial charge in [-0.1, -0.05) is 65.3 Å². The van der Waals surface area contributed by atoms with Crippen LogP contribution in [0.2, 0.25) is 0 Å². The predicted octanol–water partition coefficient (Wildman–Crippen LogP) is 4.03. The van der Waals surface area contributed by atoms with Crippen molar-refractivity contribution in [3.63, 3.8) is 0 Å². The first-order valence-electron chi connectivity index (χ1n) is 9.23.